The van der Waals surface area contributed by atoms with Crippen LogP contribution in [0.5, 0.6) is 0 Å². The molecule has 0 aliphatic carbocycles. The van der Waals surface area contributed by atoms with Gasteiger partial charge in [-0.05, 0) is 36.3 Å². The van der Waals surface area contributed by atoms with Gasteiger partial charge in [-0.1, -0.05) is 41.5 Å². The van der Waals surface area contributed by atoms with Gasteiger partial charge in [0, 0.05) is 13.5 Å². The van der Waals surface area contributed by atoms with Gasteiger partial charge in [-0.15, -0.1) is 0 Å². The average Bonchev–Trinajstić information content (AvgIpc) is 2.53. The smallest absolute Gasteiger partial charge is 0.364 e. The van der Waals surface area contributed by atoms with Crippen molar-refractivity contribution in [3.63, 3.8) is 0 Å². The Morgan fingerprint density at radius 2 is 1.48 bits per heavy atom. The molecule has 0 bridgehead atoms. The van der Waals surface area contributed by atoms with Gasteiger partial charge in [-0.25, -0.2) is 4.79 Å². The van der Waals surface area contributed by atoms with Crippen molar-refractivity contribution in [3.05, 3.63) is 0 Å². The predicted molar refractivity (Wildman–Crippen MR) is 118 cm³/mol. The molecule has 172 valence electrons. The lowest BCUT2D eigenvalue weighted by atomic mass is 9.95. The van der Waals surface area contributed by atoms with Crippen LogP contribution in [0.1, 0.15) is 48.0 Å². The van der Waals surface area contributed by atoms with Gasteiger partial charge in [-0.3, -0.25) is 0 Å². The van der Waals surface area contributed by atoms with Crippen LogP contribution in [0.2, 0.25) is 36.3 Å². The molecule has 0 unspecified atom stereocenters. The maximum absolute atomic E-state index is 12.0. The highest BCUT2D eigenvalue weighted by Crippen LogP contribution is 2.44. The summed E-state index contributed by atoms with van der Waals surface area (Å²) in [7, 11) is -3.19. The Labute approximate surface area is 178 Å². The zero-order valence-electron chi connectivity index (χ0n) is 20.1. The third-order valence-electron chi connectivity index (χ3n) is 6.87. The van der Waals surface area contributed by atoms with Crippen LogP contribution in [0, 0.1) is 0 Å². The highest BCUT2D eigenvalue weighted by Gasteiger charge is 2.57. The largest absolute Gasteiger partial charge is 0.477 e. The van der Waals surface area contributed by atoms with Gasteiger partial charge in [-0.2, -0.15) is 0 Å². The molecule has 1 heterocycles. The number of methoxy groups -OCH3 is 1. The van der Waals surface area contributed by atoms with Crippen LogP contribution in [0.25, 0.3) is 0 Å². The van der Waals surface area contributed by atoms with Crippen molar-refractivity contribution in [2.24, 2.45) is 0 Å². The Morgan fingerprint density at radius 1 is 1.03 bits per heavy atom. The van der Waals surface area contributed by atoms with Crippen LogP contribution in [-0.2, 0) is 23.1 Å². The maximum Gasteiger partial charge on any atom is 0.364 e. The number of carbonyl (C=O) groups is 1. The fraction of sp³-hybridized carbons (Fsp3) is 0.950. The van der Waals surface area contributed by atoms with Gasteiger partial charge in [0.05, 0.1) is 18.8 Å². The first kappa shape index (κ1) is 26.7. The molecular weight excluding hydrogens is 408 g/mol. The molecule has 1 saturated heterocycles. The number of ether oxygens (including phenoxy) is 2. The third-order valence-corrected chi connectivity index (χ3v) is 15.8. The van der Waals surface area contributed by atoms with Crippen molar-refractivity contribution in [1.29, 1.82) is 0 Å². The first-order valence-corrected chi connectivity index (χ1v) is 16.1. The van der Waals surface area contributed by atoms with Crippen molar-refractivity contribution in [1.82, 2.24) is 0 Å². The van der Waals surface area contributed by atoms with Crippen LogP contribution >= 0.6 is 0 Å². The molecule has 1 fully saturated rings. The summed E-state index contributed by atoms with van der Waals surface area (Å²) in [5.74, 6) is -3.10. The second kappa shape index (κ2) is 8.68. The van der Waals surface area contributed by atoms with Crippen LogP contribution in [0.3, 0.4) is 0 Å². The number of hydrogen-bond acceptors (Lipinski definition) is 6. The second-order valence-electron chi connectivity index (χ2n) is 11.1. The summed E-state index contributed by atoms with van der Waals surface area (Å²) in [6.45, 7) is 20.9. The van der Waals surface area contributed by atoms with E-state index in [1.165, 1.54) is 7.11 Å². The summed E-state index contributed by atoms with van der Waals surface area (Å²) >= 11 is 0. The zero-order valence-corrected chi connectivity index (χ0v) is 22.1. The topological polar surface area (TPSA) is 94.5 Å². The standard InChI is InChI=1S/C20H42O7Si2/c1-18(2,3)28(8,9)26-14-12-20(24-7,17(22)23)25-15(13-21)16(14)27-29(10,11)19(4,5)6/h14-16,21H,12-13H2,1-11H3,(H,22,23)/t14-,15-,16-,20-/m1/s1. The van der Waals surface area contributed by atoms with Crippen LogP contribution < -0.4 is 0 Å². The van der Waals surface area contributed by atoms with E-state index < -0.39 is 46.7 Å². The molecule has 29 heavy (non-hydrogen) atoms. The minimum Gasteiger partial charge on any atom is -0.477 e. The first-order valence-electron chi connectivity index (χ1n) is 10.3. The third kappa shape index (κ3) is 5.69. The SMILES string of the molecule is CO[C@]1(C(=O)O)C[C@@H](O[Si](C)(C)C(C)(C)C)[C@@H](O[Si](C)(C)C(C)(C)C)[C@@H](CO)O1. The van der Waals surface area contributed by atoms with Gasteiger partial charge in [0.1, 0.15) is 6.10 Å². The van der Waals surface area contributed by atoms with Gasteiger partial charge in [0.2, 0.25) is 0 Å². The molecule has 1 aliphatic heterocycles. The molecule has 0 aromatic heterocycles. The van der Waals surface area contributed by atoms with E-state index in [2.05, 4.69) is 67.7 Å². The molecule has 4 atom stereocenters. The molecule has 0 amide bonds. The summed E-state index contributed by atoms with van der Waals surface area (Å²) in [6.07, 6.45) is -1.99. The molecular formula is C20H42O7Si2. The average molecular weight is 451 g/mol. The summed E-state index contributed by atoms with van der Waals surface area (Å²) in [4.78, 5) is 12.0. The molecule has 0 saturated carbocycles. The number of aliphatic hydroxyl groups is 1. The lowest BCUT2D eigenvalue weighted by Crippen LogP contribution is -2.65. The molecule has 9 heteroatoms. The van der Waals surface area contributed by atoms with Crippen molar-refractivity contribution >= 4 is 22.6 Å². The normalized spacial score (nSPS) is 29.7. The van der Waals surface area contributed by atoms with Gasteiger partial charge in [0.15, 0.2) is 16.6 Å². The second-order valence-corrected chi connectivity index (χ2v) is 20.6. The van der Waals surface area contributed by atoms with Crippen molar-refractivity contribution in [2.75, 3.05) is 13.7 Å². The molecule has 0 radical (unpaired) electrons. The summed E-state index contributed by atoms with van der Waals surface area (Å²) < 4.78 is 24.4. The minimum atomic E-state index is -2.26. The van der Waals surface area contributed by atoms with Crippen LogP contribution in [0.15, 0.2) is 0 Å². The Kier molecular flexibility index (Phi) is 8.00. The van der Waals surface area contributed by atoms with Gasteiger partial charge < -0.3 is 28.5 Å². The van der Waals surface area contributed by atoms with Crippen molar-refractivity contribution in [3.8, 4) is 0 Å². The maximum atomic E-state index is 12.0. The number of rotatable bonds is 7. The summed E-state index contributed by atoms with van der Waals surface area (Å²) in [5, 5.41) is 19.8. The fourth-order valence-corrected chi connectivity index (χ4v) is 5.48. The highest BCUT2D eigenvalue weighted by molar-refractivity contribution is 6.74. The van der Waals surface area contributed by atoms with E-state index in [0.717, 1.165) is 0 Å². The molecule has 2 N–H and O–H groups in total. The Bertz CT molecular complexity index is 580. The summed E-state index contributed by atoms with van der Waals surface area (Å²) in [6, 6.07) is 0. The lowest BCUT2D eigenvalue weighted by molar-refractivity contribution is -0.303. The zero-order chi connectivity index (χ0) is 23.1. The van der Waals surface area contributed by atoms with Crippen molar-refractivity contribution in [2.45, 2.75) is 108 Å². The number of carboxylic acids is 1. The van der Waals surface area contributed by atoms with E-state index in [9.17, 15) is 15.0 Å². The van der Waals surface area contributed by atoms with Gasteiger partial charge in [0.25, 0.3) is 5.79 Å². The fourth-order valence-electron chi connectivity index (χ4n) is 2.81. The molecule has 7 nitrogen and oxygen atoms in total. The van der Waals surface area contributed by atoms with E-state index in [1.807, 2.05) is 0 Å². The lowest BCUT2D eigenvalue weighted by Gasteiger charge is -2.51. The first-order chi connectivity index (χ1) is 12.8. The number of carboxylic acid groups (broad SMARTS) is 1. The van der Waals surface area contributed by atoms with E-state index in [0.29, 0.717) is 0 Å². The van der Waals surface area contributed by atoms with E-state index in [4.69, 9.17) is 18.3 Å². The molecule has 0 spiro atoms. The molecule has 0 aromatic rings. The number of aliphatic carboxylic acids is 1. The van der Waals surface area contributed by atoms with E-state index in [-0.39, 0.29) is 23.1 Å². The van der Waals surface area contributed by atoms with Crippen LogP contribution in [0.4, 0.5) is 0 Å². The number of hydrogen-bond donors (Lipinski definition) is 2. The van der Waals surface area contributed by atoms with E-state index in [1.54, 1.807) is 0 Å². The summed E-state index contributed by atoms with van der Waals surface area (Å²) in [5.41, 5.74) is 0. The Balaban J connectivity index is 3.42. The number of aliphatic hydroxyl groups excluding tert-OH is 1. The Hall–Kier alpha value is -0.296. The highest BCUT2D eigenvalue weighted by atomic mass is 28.4. The quantitative estimate of drug-likeness (QED) is 0.567. The predicted octanol–water partition coefficient (Wildman–Crippen LogP) is 3.98. The van der Waals surface area contributed by atoms with Crippen molar-refractivity contribution < 1.29 is 33.3 Å². The monoisotopic (exact) mass is 450 g/mol. The van der Waals surface area contributed by atoms with Crippen LogP contribution in [-0.4, -0.2) is 70.6 Å². The van der Waals surface area contributed by atoms with Gasteiger partial charge >= 0.3 is 5.97 Å². The minimum absolute atomic E-state index is 0.00112. The molecule has 0 aromatic carbocycles. The Morgan fingerprint density at radius 3 is 1.83 bits per heavy atom. The molecule has 1 aliphatic rings. The molecule has 1 rings (SSSR count). The van der Waals surface area contributed by atoms with E-state index >= 15 is 0 Å².